The van der Waals surface area contributed by atoms with Crippen molar-refractivity contribution in [2.75, 3.05) is 6.61 Å². The van der Waals surface area contributed by atoms with Crippen LogP contribution in [0.4, 0.5) is 0 Å². The summed E-state index contributed by atoms with van der Waals surface area (Å²) < 4.78 is 5.93. The zero-order valence-corrected chi connectivity index (χ0v) is 14.7. The van der Waals surface area contributed by atoms with E-state index in [9.17, 15) is 4.79 Å². The van der Waals surface area contributed by atoms with E-state index in [0.717, 1.165) is 0 Å². The number of carbonyl (C=O) groups excluding carboxylic acids is 1. The molecule has 0 aliphatic heterocycles. The molecule has 0 spiro atoms. The minimum Gasteiger partial charge on any atom is -0.481 e. The highest BCUT2D eigenvalue weighted by Gasteiger charge is 2.08. The molecular formula is C15H11BrCl2N2O3. The molecule has 23 heavy (non-hydrogen) atoms. The van der Waals surface area contributed by atoms with Crippen LogP contribution in [0.2, 0.25) is 10.0 Å². The van der Waals surface area contributed by atoms with Gasteiger partial charge in [0.15, 0.2) is 12.4 Å². The SMILES string of the molecule is N/C(=N\OC(=O)COc1ccc(Cl)cc1Br)c1ccc(Cl)cc1. The molecule has 0 aliphatic rings. The first-order chi connectivity index (χ1) is 11.0. The van der Waals surface area contributed by atoms with Crippen molar-refractivity contribution in [2.45, 2.75) is 0 Å². The molecule has 0 aromatic heterocycles. The largest absolute Gasteiger partial charge is 0.481 e. The Bertz CT molecular complexity index is 736. The number of halogens is 3. The molecule has 0 saturated heterocycles. The van der Waals surface area contributed by atoms with Gasteiger partial charge in [-0.15, -0.1) is 0 Å². The second-order valence-electron chi connectivity index (χ2n) is 4.31. The van der Waals surface area contributed by atoms with Gasteiger partial charge in [0.05, 0.1) is 4.47 Å². The molecule has 8 heteroatoms. The van der Waals surface area contributed by atoms with Crippen molar-refractivity contribution in [1.29, 1.82) is 0 Å². The molecule has 0 aliphatic carbocycles. The summed E-state index contributed by atoms with van der Waals surface area (Å²) in [5, 5.41) is 4.68. The predicted octanol–water partition coefficient (Wildman–Crippen LogP) is 4.00. The number of ether oxygens (including phenoxy) is 1. The summed E-state index contributed by atoms with van der Waals surface area (Å²) in [7, 11) is 0. The van der Waals surface area contributed by atoms with Crippen LogP contribution in [-0.2, 0) is 9.63 Å². The number of nitrogens with two attached hydrogens (primary N) is 1. The molecule has 0 amide bonds. The monoisotopic (exact) mass is 416 g/mol. The van der Waals surface area contributed by atoms with Crippen LogP contribution in [0.15, 0.2) is 52.1 Å². The second-order valence-corrected chi connectivity index (χ2v) is 6.04. The zero-order valence-electron chi connectivity index (χ0n) is 11.6. The van der Waals surface area contributed by atoms with Crippen molar-refractivity contribution >= 4 is 50.9 Å². The van der Waals surface area contributed by atoms with Gasteiger partial charge in [0.25, 0.3) is 0 Å². The van der Waals surface area contributed by atoms with E-state index in [-0.39, 0.29) is 12.4 Å². The van der Waals surface area contributed by atoms with Crippen molar-refractivity contribution in [3.63, 3.8) is 0 Å². The Morgan fingerprint density at radius 2 is 1.78 bits per heavy atom. The Labute approximate surface area is 151 Å². The predicted molar refractivity (Wildman–Crippen MR) is 92.9 cm³/mol. The third kappa shape index (κ3) is 5.42. The number of amidine groups is 1. The van der Waals surface area contributed by atoms with Crippen LogP contribution in [0, 0.1) is 0 Å². The fourth-order valence-corrected chi connectivity index (χ4v) is 2.45. The molecule has 2 N–H and O–H groups in total. The molecule has 120 valence electrons. The lowest BCUT2D eigenvalue weighted by molar-refractivity contribution is -0.146. The molecule has 0 saturated carbocycles. The van der Waals surface area contributed by atoms with Crippen molar-refractivity contribution in [3.05, 3.63) is 62.5 Å². The molecule has 0 fully saturated rings. The summed E-state index contributed by atoms with van der Waals surface area (Å²) in [6.45, 7) is -0.322. The van der Waals surface area contributed by atoms with Crippen molar-refractivity contribution in [2.24, 2.45) is 10.9 Å². The quantitative estimate of drug-likeness (QED) is 0.345. The van der Waals surface area contributed by atoms with Gasteiger partial charge >= 0.3 is 5.97 Å². The van der Waals surface area contributed by atoms with E-state index >= 15 is 0 Å². The summed E-state index contributed by atoms with van der Waals surface area (Å²) in [6.07, 6.45) is 0. The number of hydrogen-bond donors (Lipinski definition) is 1. The van der Waals surface area contributed by atoms with Gasteiger partial charge in [0.2, 0.25) is 0 Å². The minimum atomic E-state index is -0.691. The average molecular weight is 418 g/mol. The van der Waals surface area contributed by atoms with Crippen molar-refractivity contribution < 1.29 is 14.4 Å². The van der Waals surface area contributed by atoms with Gasteiger partial charge in [0.1, 0.15) is 5.75 Å². The van der Waals surface area contributed by atoms with Gasteiger partial charge < -0.3 is 15.3 Å². The molecule has 2 rings (SSSR count). The molecule has 2 aromatic carbocycles. The van der Waals surface area contributed by atoms with Crippen molar-refractivity contribution in [1.82, 2.24) is 0 Å². The van der Waals surface area contributed by atoms with Crippen molar-refractivity contribution in [3.8, 4) is 5.75 Å². The van der Waals surface area contributed by atoms with Gasteiger partial charge in [-0.1, -0.05) is 28.4 Å². The van der Waals surface area contributed by atoms with Crippen LogP contribution in [0.3, 0.4) is 0 Å². The second kappa shape index (κ2) is 8.19. The van der Waals surface area contributed by atoms with E-state index in [1.54, 1.807) is 42.5 Å². The molecule has 5 nitrogen and oxygen atoms in total. The zero-order chi connectivity index (χ0) is 16.8. The fraction of sp³-hybridized carbons (Fsp3) is 0.0667. The summed E-state index contributed by atoms with van der Waals surface area (Å²) in [6, 6.07) is 11.6. The first-order valence-corrected chi connectivity index (χ1v) is 7.87. The van der Waals surface area contributed by atoms with Gasteiger partial charge in [-0.2, -0.15) is 0 Å². The Kier molecular flexibility index (Phi) is 6.27. The van der Waals surface area contributed by atoms with Gasteiger partial charge in [0, 0.05) is 15.6 Å². The molecule has 0 bridgehead atoms. The maximum absolute atomic E-state index is 11.6. The molecular weight excluding hydrogens is 407 g/mol. The number of nitrogens with zero attached hydrogens (tertiary/aromatic N) is 1. The van der Waals surface area contributed by atoms with Gasteiger partial charge in [-0.3, -0.25) is 0 Å². The summed E-state index contributed by atoms with van der Waals surface area (Å²) in [5.41, 5.74) is 6.29. The van der Waals surface area contributed by atoms with E-state index in [4.69, 9.17) is 38.5 Å². The van der Waals surface area contributed by atoms with Crippen LogP contribution in [0.1, 0.15) is 5.56 Å². The first kappa shape index (κ1) is 17.6. The average Bonchev–Trinajstić information content (AvgIpc) is 2.52. The fourth-order valence-electron chi connectivity index (χ4n) is 1.53. The number of carbonyl (C=O) groups is 1. The summed E-state index contributed by atoms with van der Waals surface area (Å²) >= 11 is 14.9. The van der Waals surface area contributed by atoms with E-state index < -0.39 is 5.97 Å². The van der Waals surface area contributed by atoms with Gasteiger partial charge in [-0.25, -0.2) is 4.79 Å². The molecule has 0 unspecified atom stereocenters. The Hall–Kier alpha value is -1.76. The van der Waals surface area contributed by atoms with Crippen LogP contribution in [0.25, 0.3) is 0 Å². The smallest absolute Gasteiger partial charge is 0.372 e. The number of hydrogen-bond acceptors (Lipinski definition) is 4. The highest BCUT2D eigenvalue weighted by atomic mass is 79.9. The minimum absolute atomic E-state index is 0.0580. The van der Waals surface area contributed by atoms with E-state index in [1.807, 2.05) is 0 Å². The number of rotatable bonds is 5. The third-order valence-electron chi connectivity index (χ3n) is 2.63. The van der Waals surface area contributed by atoms with E-state index in [2.05, 4.69) is 21.1 Å². The highest BCUT2D eigenvalue weighted by molar-refractivity contribution is 9.10. The molecule has 2 aromatic rings. The molecule has 0 atom stereocenters. The van der Waals surface area contributed by atoms with E-state index in [1.165, 1.54) is 0 Å². The van der Waals surface area contributed by atoms with E-state index in [0.29, 0.717) is 25.8 Å². The lowest BCUT2D eigenvalue weighted by Gasteiger charge is -2.06. The Morgan fingerprint density at radius 3 is 2.43 bits per heavy atom. The number of benzene rings is 2. The standard InChI is InChI=1S/C15H11BrCl2N2O3/c16-12-7-11(18)5-6-13(12)22-8-14(21)23-20-15(19)9-1-3-10(17)4-2-9/h1-7H,8H2,(H2,19,20). The topological polar surface area (TPSA) is 73.9 Å². The summed E-state index contributed by atoms with van der Waals surface area (Å²) in [5.74, 6) is -0.174. The van der Waals surface area contributed by atoms with Crippen LogP contribution >= 0.6 is 39.1 Å². The Morgan fingerprint density at radius 1 is 1.13 bits per heavy atom. The maximum Gasteiger partial charge on any atom is 0.372 e. The number of oxime groups is 1. The molecule has 0 radical (unpaired) electrons. The Balaban J connectivity index is 1.89. The lowest BCUT2D eigenvalue weighted by atomic mass is 10.2. The normalized spacial score (nSPS) is 11.2. The first-order valence-electron chi connectivity index (χ1n) is 6.33. The van der Waals surface area contributed by atoms with Crippen LogP contribution < -0.4 is 10.5 Å². The third-order valence-corrected chi connectivity index (χ3v) is 3.73. The maximum atomic E-state index is 11.6. The van der Waals surface area contributed by atoms with Crippen LogP contribution in [-0.4, -0.2) is 18.4 Å². The lowest BCUT2D eigenvalue weighted by Crippen LogP contribution is -2.18. The van der Waals surface area contributed by atoms with Gasteiger partial charge in [-0.05, 0) is 58.4 Å². The summed E-state index contributed by atoms with van der Waals surface area (Å²) in [4.78, 5) is 16.3. The highest BCUT2D eigenvalue weighted by Crippen LogP contribution is 2.27. The molecule has 0 heterocycles. The van der Waals surface area contributed by atoms with Crippen LogP contribution in [0.5, 0.6) is 5.75 Å².